The SMILES string of the molecule is Cc1cc(OCC2(O)CCCN(C(=O)Cc3cccnc3)CC2)cc(C)c1Cl. The Morgan fingerprint density at radius 3 is 2.71 bits per heavy atom. The molecular weight excluding hydrogens is 376 g/mol. The fraction of sp³-hybridized carbons (Fsp3) is 0.455. The van der Waals surface area contributed by atoms with E-state index in [1.54, 1.807) is 12.4 Å². The fourth-order valence-corrected chi connectivity index (χ4v) is 3.68. The van der Waals surface area contributed by atoms with Crippen molar-refractivity contribution in [1.29, 1.82) is 0 Å². The number of carbonyl (C=O) groups is 1. The zero-order valence-corrected chi connectivity index (χ0v) is 17.2. The third-order valence-electron chi connectivity index (χ3n) is 5.27. The molecule has 3 rings (SSSR count). The van der Waals surface area contributed by atoms with Gasteiger partial charge in [-0.1, -0.05) is 17.7 Å². The second-order valence-electron chi connectivity index (χ2n) is 7.66. The molecule has 2 heterocycles. The predicted molar refractivity (Wildman–Crippen MR) is 110 cm³/mol. The molecule has 0 saturated carbocycles. The van der Waals surface area contributed by atoms with Gasteiger partial charge in [0.05, 0.1) is 6.42 Å². The largest absolute Gasteiger partial charge is 0.491 e. The second-order valence-corrected chi connectivity index (χ2v) is 8.03. The van der Waals surface area contributed by atoms with Crippen molar-refractivity contribution in [3.8, 4) is 5.75 Å². The first-order valence-corrected chi connectivity index (χ1v) is 10.0. The van der Waals surface area contributed by atoms with Gasteiger partial charge in [-0.25, -0.2) is 0 Å². The van der Waals surface area contributed by atoms with Gasteiger partial charge in [0.15, 0.2) is 0 Å². The minimum Gasteiger partial charge on any atom is -0.491 e. The Bertz CT molecular complexity index is 805. The molecule has 1 N–H and O–H groups in total. The molecule has 1 amide bonds. The van der Waals surface area contributed by atoms with E-state index in [2.05, 4.69) is 4.98 Å². The maximum absolute atomic E-state index is 12.6. The van der Waals surface area contributed by atoms with Crippen LogP contribution in [0.5, 0.6) is 5.75 Å². The molecule has 1 atom stereocenters. The molecule has 1 saturated heterocycles. The Morgan fingerprint density at radius 2 is 2.04 bits per heavy atom. The van der Waals surface area contributed by atoms with Crippen LogP contribution in [-0.4, -0.2) is 46.2 Å². The first kappa shape index (κ1) is 20.6. The number of aliphatic hydroxyl groups is 1. The Kier molecular flexibility index (Phi) is 6.57. The highest BCUT2D eigenvalue weighted by molar-refractivity contribution is 6.32. The van der Waals surface area contributed by atoms with Crippen molar-refractivity contribution in [3.05, 3.63) is 58.4 Å². The lowest BCUT2D eigenvalue weighted by atomic mass is 9.96. The third-order valence-corrected chi connectivity index (χ3v) is 5.86. The summed E-state index contributed by atoms with van der Waals surface area (Å²) in [5, 5.41) is 11.7. The Morgan fingerprint density at radius 1 is 1.29 bits per heavy atom. The molecule has 6 heteroatoms. The quantitative estimate of drug-likeness (QED) is 0.827. The molecule has 1 unspecified atom stereocenters. The number of ether oxygens (including phenoxy) is 1. The molecule has 1 aromatic heterocycles. The zero-order valence-electron chi connectivity index (χ0n) is 16.4. The number of carbonyl (C=O) groups excluding carboxylic acids is 1. The van der Waals surface area contributed by atoms with Crippen LogP contribution < -0.4 is 4.74 Å². The second kappa shape index (κ2) is 8.93. The van der Waals surface area contributed by atoms with Gasteiger partial charge in [0, 0.05) is 30.5 Å². The summed E-state index contributed by atoms with van der Waals surface area (Å²) < 4.78 is 5.89. The lowest BCUT2D eigenvalue weighted by molar-refractivity contribution is -0.130. The van der Waals surface area contributed by atoms with E-state index < -0.39 is 5.60 Å². The number of aryl methyl sites for hydroxylation is 2. The normalized spacial score (nSPS) is 19.9. The Labute approximate surface area is 171 Å². The van der Waals surface area contributed by atoms with E-state index in [4.69, 9.17) is 16.3 Å². The van der Waals surface area contributed by atoms with Crippen molar-refractivity contribution in [1.82, 2.24) is 9.88 Å². The molecule has 1 fully saturated rings. The number of benzene rings is 1. The third kappa shape index (κ3) is 5.24. The molecule has 0 bridgehead atoms. The number of halogens is 1. The monoisotopic (exact) mass is 402 g/mol. The average molecular weight is 403 g/mol. The summed E-state index contributed by atoms with van der Waals surface area (Å²) in [7, 11) is 0. The summed E-state index contributed by atoms with van der Waals surface area (Å²) in [5.74, 6) is 0.781. The smallest absolute Gasteiger partial charge is 0.227 e. The number of hydrogen-bond acceptors (Lipinski definition) is 4. The van der Waals surface area contributed by atoms with E-state index in [0.29, 0.717) is 38.1 Å². The van der Waals surface area contributed by atoms with Crippen LogP contribution in [0, 0.1) is 13.8 Å². The number of amides is 1. The number of rotatable bonds is 5. The van der Waals surface area contributed by atoms with Crippen molar-refractivity contribution in [2.24, 2.45) is 0 Å². The number of pyridine rings is 1. The van der Waals surface area contributed by atoms with Gasteiger partial charge in [0.2, 0.25) is 5.91 Å². The summed E-state index contributed by atoms with van der Waals surface area (Å²) in [6.07, 6.45) is 5.61. The van der Waals surface area contributed by atoms with Crippen LogP contribution in [-0.2, 0) is 11.2 Å². The summed E-state index contributed by atoms with van der Waals surface area (Å²) in [6, 6.07) is 7.52. The van der Waals surface area contributed by atoms with Crippen LogP contribution in [0.1, 0.15) is 36.0 Å². The number of nitrogens with zero attached hydrogens (tertiary/aromatic N) is 2. The van der Waals surface area contributed by atoms with Crippen molar-refractivity contribution in [2.75, 3.05) is 19.7 Å². The molecule has 2 aromatic rings. The van der Waals surface area contributed by atoms with Crippen LogP contribution in [0.3, 0.4) is 0 Å². The van der Waals surface area contributed by atoms with E-state index >= 15 is 0 Å². The van der Waals surface area contributed by atoms with E-state index in [9.17, 15) is 9.90 Å². The lowest BCUT2D eigenvalue weighted by Crippen LogP contribution is -2.38. The van der Waals surface area contributed by atoms with Gasteiger partial charge in [0.1, 0.15) is 18.0 Å². The summed E-state index contributed by atoms with van der Waals surface area (Å²) >= 11 is 6.20. The summed E-state index contributed by atoms with van der Waals surface area (Å²) in [6.45, 7) is 5.26. The van der Waals surface area contributed by atoms with Crippen LogP contribution >= 0.6 is 11.6 Å². The van der Waals surface area contributed by atoms with Gasteiger partial charge in [0.25, 0.3) is 0 Å². The van der Waals surface area contributed by atoms with Gasteiger partial charge < -0.3 is 14.7 Å². The van der Waals surface area contributed by atoms with Crippen molar-refractivity contribution in [3.63, 3.8) is 0 Å². The van der Waals surface area contributed by atoms with Crippen LogP contribution in [0.4, 0.5) is 0 Å². The zero-order chi connectivity index (χ0) is 20.1. The first-order chi connectivity index (χ1) is 13.4. The van der Waals surface area contributed by atoms with Crippen molar-refractivity contribution in [2.45, 2.75) is 45.1 Å². The molecule has 0 radical (unpaired) electrons. The molecule has 28 heavy (non-hydrogen) atoms. The van der Waals surface area contributed by atoms with Crippen LogP contribution in [0.25, 0.3) is 0 Å². The topological polar surface area (TPSA) is 62.7 Å². The van der Waals surface area contributed by atoms with Gasteiger partial charge in [-0.2, -0.15) is 0 Å². The molecule has 5 nitrogen and oxygen atoms in total. The summed E-state index contributed by atoms with van der Waals surface area (Å²) in [4.78, 5) is 18.5. The maximum atomic E-state index is 12.6. The van der Waals surface area contributed by atoms with Gasteiger partial charge >= 0.3 is 0 Å². The minimum absolute atomic E-state index is 0.0714. The first-order valence-electron chi connectivity index (χ1n) is 9.65. The molecule has 150 valence electrons. The molecular formula is C22H27ClN2O3. The highest BCUT2D eigenvalue weighted by atomic mass is 35.5. The average Bonchev–Trinajstić information content (AvgIpc) is 2.87. The van der Waals surface area contributed by atoms with Crippen molar-refractivity contribution < 1.29 is 14.6 Å². The van der Waals surface area contributed by atoms with Gasteiger partial charge in [-0.05, 0) is 68.0 Å². The predicted octanol–water partition coefficient (Wildman–Crippen LogP) is 3.72. The standard InChI is InChI=1S/C22H27ClN2O3/c1-16-11-19(12-17(2)21(16)23)28-15-22(27)6-4-9-25(10-7-22)20(26)13-18-5-3-8-24-14-18/h3,5,8,11-12,14,27H,4,6-7,9-10,13,15H2,1-2H3. The van der Waals surface area contributed by atoms with Gasteiger partial charge in [-0.15, -0.1) is 0 Å². The molecule has 1 aliphatic rings. The molecule has 1 aromatic carbocycles. The maximum Gasteiger partial charge on any atom is 0.227 e. The lowest BCUT2D eigenvalue weighted by Gasteiger charge is -2.27. The number of aromatic nitrogens is 1. The Hall–Kier alpha value is -2.11. The van der Waals surface area contributed by atoms with E-state index in [1.165, 1.54) is 0 Å². The van der Waals surface area contributed by atoms with E-state index in [1.807, 2.05) is 43.0 Å². The Balaban J connectivity index is 1.57. The molecule has 0 aliphatic carbocycles. The minimum atomic E-state index is -0.940. The van der Waals surface area contributed by atoms with Crippen LogP contribution in [0.15, 0.2) is 36.7 Å². The number of hydrogen-bond donors (Lipinski definition) is 1. The molecule has 0 spiro atoms. The van der Waals surface area contributed by atoms with E-state index in [-0.39, 0.29) is 12.5 Å². The highest BCUT2D eigenvalue weighted by Crippen LogP contribution is 2.28. The highest BCUT2D eigenvalue weighted by Gasteiger charge is 2.32. The van der Waals surface area contributed by atoms with Crippen molar-refractivity contribution >= 4 is 17.5 Å². The number of likely N-dealkylation sites (tertiary alicyclic amines) is 1. The molecule has 1 aliphatic heterocycles. The van der Waals surface area contributed by atoms with Crippen LogP contribution in [0.2, 0.25) is 5.02 Å². The van der Waals surface area contributed by atoms with Gasteiger partial charge in [-0.3, -0.25) is 9.78 Å². The fourth-order valence-electron chi connectivity index (χ4n) is 3.57. The van der Waals surface area contributed by atoms with E-state index in [0.717, 1.165) is 28.1 Å². The summed E-state index contributed by atoms with van der Waals surface area (Å²) in [5.41, 5.74) is 1.88.